The maximum absolute atomic E-state index is 6.25. The second-order valence-corrected chi connectivity index (χ2v) is 9.83. The lowest BCUT2D eigenvalue weighted by Gasteiger charge is -2.28. The summed E-state index contributed by atoms with van der Waals surface area (Å²) >= 11 is 0. The summed E-state index contributed by atoms with van der Waals surface area (Å²) < 4.78 is 6.25. The van der Waals surface area contributed by atoms with Gasteiger partial charge in [0.15, 0.2) is 0 Å². The highest BCUT2D eigenvalue weighted by Gasteiger charge is 2.18. The average molecular weight is 514 g/mol. The number of anilines is 3. The zero-order valence-corrected chi connectivity index (χ0v) is 21.9. The van der Waals surface area contributed by atoms with Crippen LogP contribution in [-0.2, 0) is 0 Å². The first-order valence-electron chi connectivity index (χ1n) is 13.5. The van der Waals surface area contributed by atoms with Crippen LogP contribution in [0.15, 0.2) is 168 Å². The second-order valence-electron chi connectivity index (χ2n) is 9.83. The first-order valence-corrected chi connectivity index (χ1v) is 13.5. The Hall–Kier alpha value is -5.34. The fraction of sp³-hybridized carbons (Fsp3) is 0. The van der Waals surface area contributed by atoms with Crippen LogP contribution in [-0.4, -0.2) is 0 Å². The number of rotatable bonds is 6. The van der Waals surface area contributed by atoms with E-state index >= 15 is 0 Å². The van der Waals surface area contributed by atoms with Crippen molar-refractivity contribution in [1.29, 1.82) is 0 Å². The maximum atomic E-state index is 6.25. The molecule has 0 fully saturated rings. The number of para-hydroxylation sites is 2. The summed E-state index contributed by atoms with van der Waals surface area (Å²) in [6, 6.07) is 57.4. The van der Waals surface area contributed by atoms with Crippen molar-refractivity contribution in [2.24, 2.45) is 0 Å². The molecule has 190 valence electrons. The van der Waals surface area contributed by atoms with E-state index in [0.717, 1.165) is 39.4 Å². The van der Waals surface area contributed by atoms with E-state index in [1.807, 2.05) is 18.2 Å². The predicted molar refractivity (Wildman–Crippen MR) is 167 cm³/mol. The normalized spacial score (nSPS) is 11.0. The van der Waals surface area contributed by atoms with Gasteiger partial charge in [0, 0.05) is 27.9 Å². The minimum absolute atomic E-state index is 0.859. The van der Waals surface area contributed by atoms with Gasteiger partial charge in [-0.25, -0.2) is 0 Å². The van der Waals surface area contributed by atoms with Crippen molar-refractivity contribution >= 4 is 28.0 Å². The van der Waals surface area contributed by atoms with Gasteiger partial charge in [-0.3, -0.25) is 0 Å². The number of fused-ring (bicyclic) bond motifs is 1. The van der Waals surface area contributed by atoms with E-state index in [0.29, 0.717) is 0 Å². The summed E-state index contributed by atoms with van der Waals surface area (Å²) in [5.41, 5.74) is 9.90. The van der Waals surface area contributed by atoms with E-state index in [2.05, 4.69) is 150 Å². The van der Waals surface area contributed by atoms with Gasteiger partial charge in [-0.1, -0.05) is 121 Å². The smallest absolute Gasteiger partial charge is 0.135 e. The quantitative estimate of drug-likeness (QED) is 0.220. The van der Waals surface area contributed by atoms with Gasteiger partial charge in [-0.15, -0.1) is 0 Å². The molecule has 2 heteroatoms. The molecule has 2 nitrogen and oxygen atoms in total. The van der Waals surface area contributed by atoms with Crippen LogP contribution in [0.25, 0.3) is 44.5 Å². The van der Waals surface area contributed by atoms with E-state index in [4.69, 9.17) is 4.42 Å². The molecular formula is C38H27NO. The Morgan fingerprint density at radius 3 is 1.73 bits per heavy atom. The summed E-state index contributed by atoms with van der Waals surface area (Å²) in [6.07, 6.45) is 0. The molecule has 0 amide bonds. The van der Waals surface area contributed by atoms with Crippen LogP contribution in [0.1, 0.15) is 0 Å². The lowest BCUT2D eigenvalue weighted by atomic mass is 10.0. The standard InChI is InChI=1S/C38H27NO/c1-3-13-28(14-4-1)30-18-11-20-33(25-30)39(36-23-9-8-22-35(36)29-15-5-2-6-16-29)34-21-12-19-31(26-34)38-27-32-17-7-10-24-37(32)40-38/h1-27H. The van der Waals surface area contributed by atoms with Crippen molar-refractivity contribution in [3.05, 3.63) is 164 Å². The predicted octanol–water partition coefficient (Wildman–Crippen LogP) is 10.9. The third-order valence-corrected chi connectivity index (χ3v) is 7.26. The highest BCUT2D eigenvalue weighted by Crippen LogP contribution is 2.42. The Labute approximate surface area is 234 Å². The zero-order valence-electron chi connectivity index (χ0n) is 21.9. The third kappa shape index (κ3) is 4.57. The topological polar surface area (TPSA) is 16.4 Å². The summed E-state index contributed by atoms with van der Waals surface area (Å²) in [7, 11) is 0. The second kappa shape index (κ2) is 10.4. The molecule has 0 aliphatic rings. The molecular weight excluding hydrogens is 486 g/mol. The summed E-state index contributed by atoms with van der Waals surface area (Å²) in [5, 5.41) is 1.10. The lowest BCUT2D eigenvalue weighted by molar-refractivity contribution is 0.631. The minimum atomic E-state index is 0.859. The zero-order chi connectivity index (χ0) is 26.7. The molecule has 7 rings (SSSR count). The van der Waals surface area contributed by atoms with Gasteiger partial charge in [0.05, 0.1) is 5.69 Å². The first kappa shape index (κ1) is 23.8. The molecule has 0 unspecified atom stereocenters. The number of nitrogens with zero attached hydrogens (tertiary/aromatic N) is 1. The highest BCUT2D eigenvalue weighted by atomic mass is 16.3. The van der Waals surface area contributed by atoms with Gasteiger partial charge in [0.25, 0.3) is 0 Å². The van der Waals surface area contributed by atoms with Gasteiger partial charge in [0.1, 0.15) is 11.3 Å². The molecule has 0 radical (unpaired) electrons. The van der Waals surface area contributed by atoms with Gasteiger partial charge >= 0.3 is 0 Å². The van der Waals surface area contributed by atoms with E-state index in [1.54, 1.807) is 0 Å². The lowest BCUT2D eigenvalue weighted by Crippen LogP contribution is -2.11. The third-order valence-electron chi connectivity index (χ3n) is 7.26. The van der Waals surface area contributed by atoms with Gasteiger partial charge in [0.2, 0.25) is 0 Å². The molecule has 0 aliphatic heterocycles. The first-order chi connectivity index (χ1) is 19.8. The van der Waals surface area contributed by atoms with Gasteiger partial charge in [-0.2, -0.15) is 0 Å². The molecule has 0 saturated carbocycles. The fourth-order valence-electron chi connectivity index (χ4n) is 5.34. The van der Waals surface area contributed by atoms with Crippen LogP contribution < -0.4 is 4.90 Å². The number of hydrogen-bond donors (Lipinski definition) is 0. The van der Waals surface area contributed by atoms with Crippen LogP contribution in [0.3, 0.4) is 0 Å². The molecule has 0 saturated heterocycles. The Bertz CT molecular complexity index is 1870. The number of hydrogen-bond acceptors (Lipinski definition) is 2. The van der Waals surface area contributed by atoms with Crippen molar-refractivity contribution in [1.82, 2.24) is 0 Å². The SMILES string of the molecule is c1ccc(-c2cccc(N(c3cccc(-c4cc5ccccc5o4)c3)c3ccccc3-c3ccccc3)c2)cc1. The number of benzene rings is 6. The largest absolute Gasteiger partial charge is 0.456 e. The molecule has 0 atom stereocenters. The Morgan fingerprint density at radius 1 is 0.400 bits per heavy atom. The maximum Gasteiger partial charge on any atom is 0.135 e. The summed E-state index contributed by atoms with van der Waals surface area (Å²) in [6.45, 7) is 0. The Balaban J connectivity index is 1.42. The number of furan rings is 1. The van der Waals surface area contributed by atoms with Crippen molar-refractivity contribution in [3.8, 4) is 33.6 Å². The molecule has 6 aromatic carbocycles. The fourth-order valence-corrected chi connectivity index (χ4v) is 5.34. The van der Waals surface area contributed by atoms with Gasteiger partial charge in [-0.05, 0) is 59.2 Å². The molecule has 1 aromatic heterocycles. The van der Waals surface area contributed by atoms with Crippen LogP contribution in [0, 0.1) is 0 Å². The average Bonchev–Trinajstić information content (AvgIpc) is 3.47. The molecule has 0 bridgehead atoms. The van der Waals surface area contributed by atoms with E-state index < -0.39 is 0 Å². The van der Waals surface area contributed by atoms with Crippen LogP contribution in [0.4, 0.5) is 17.1 Å². The van der Waals surface area contributed by atoms with Gasteiger partial charge < -0.3 is 9.32 Å². The van der Waals surface area contributed by atoms with Crippen molar-refractivity contribution < 1.29 is 4.42 Å². The van der Waals surface area contributed by atoms with Crippen molar-refractivity contribution in [2.75, 3.05) is 4.90 Å². The Morgan fingerprint density at radius 2 is 0.975 bits per heavy atom. The van der Waals surface area contributed by atoms with Crippen LogP contribution in [0.5, 0.6) is 0 Å². The van der Waals surface area contributed by atoms with Crippen molar-refractivity contribution in [2.45, 2.75) is 0 Å². The summed E-state index contributed by atoms with van der Waals surface area (Å²) in [4.78, 5) is 2.35. The monoisotopic (exact) mass is 513 g/mol. The van der Waals surface area contributed by atoms with E-state index in [-0.39, 0.29) is 0 Å². The van der Waals surface area contributed by atoms with Crippen LogP contribution in [0.2, 0.25) is 0 Å². The Kier molecular flexibility index (Phi) is 6.20. The summed E-state index contributed by atoms with van der Waals surface area (Å²) in [5.74, 6) is 0.859. The van der Waals surface area contributed by atoms with Crippen molar-refractivity contribution in [3.63, 3.8) is 0 Å². The molecule has 0 aliphatic carbocycles. The molecule has 0 N–H and O–H groups in total. The van der Waals surface area contributed by atoms with Crippen LogP contribution >= 0.6 is 0 Å². The highest BCUT2D eigenvalue weighted by molar-refractivity contribution is 5.90. The minimum Gasteiger partial charge on any atom is -0.456 e. The molecule has 7 aromatic rings. The van der Waals surface area contributed by atoms with E-state index in [9.17, 15) is 0 Å². The van der Waals surface area contributed by atoms with E-state index in [1.165, 1.54) is 22.3 Å². The molecule has 0 spiro atoms. The molecule has 1 heterocycles. The molecule has 40 heavy (non-hydrogen) atoms.